The minimum absolute atomic E-state index is 0.621. The summed E-state index contributed by atoms with van der Waals surface area (Å²) in [7, 11) is 0. The highest BCUT2D eigenvalue weighted by Gasteiger charge is 2.33. The zero-order chi connectivity index (χ0) is 16.6. The maximum absolute atomic E-state index is 5.70. The van der Waals surface area contributed by atoms with Crippen molar-refractivity contribution in [2.45, 2.75) is 57.7 Å². The standard InChI is InChI=1S/C21H31NO2/c1-2-23-13-14-24-12-11-19-15-20-9-6-10-21(16-19)22(20)17-18-7-4-3-5-8-18/h3-5,7-8,15,20-21H,2,6,9-14,16-17H2,1H3. The van der Waals surface area contributed by atoms with Crippen molar-refractivity contribution < 1.29 is 9.47 Å². The third-order valence-corrected chi connectivity index (χ3v) is 5.21. The van der Waals surface area contributed by atoms with Crippen molar-refractivity contribution in [3.05, 3.63) is 47.5 Å². The molecule has 3 nitrogen and oxygen atoms in total. The van der Waals surface area contributed by atoms with Crippen LogP contribution in [0.2, 0.25) is 0 Å². The third kappa shape index (κ3) is 4.92. The number of hydrogen-bond donors (Lipinski definition) is 0. The highest BCUT2D eigenvalue weighted by Crippen LogP contribution is 2.35. The summed E-state index contributed by atoms with van der Waals surface area (Å²) in [6, 6.07) is 12.2. The summed E-state index contributed by atoms with van der Waals surface area (Å²) in [5.74, 6) is 0. The molecule has 2 aliphatic rings. The molecule has 0 spiro atoms. The number of rotatable bonds is 9. The molecule has 1 aromatic rings. The molecule has 0 amide bonds. The van der Waals surface area contributed by atoms with Gasteiger partial charge in [-0.2, -0.15) is 0 Å². The van der Waals surface area contributed by atoms with Crippen LogP contribution in [0.25, 0.3) is 0 Å². The van der Waals surface area contributed by atoms with E-state index in [1.54, 1.807) is 5.57 Å². The van der Waals surface area contributed by atoms with Crippen LogP contribution in [0, 0.1) is 0 Å². The van der Waals surface area contributed by atoms with Crippen molar-refractivity contribution in [2.24, 2.45) is 0 Å². The van der Waals surface area contributed by atoms with Crippen LogP contribution in [0.15, 0.2) is 42.0 Å². The van der Waals surface area contributed by atoms with Crippen LogP contribution in [-0.2, 0) is 16.0 Å². The van der Waals surface area contributed by atoms with Gasteiger partial charge in [-0.15, -0.1) is 0 Å². The van der Waals surface area contributed by atoms with E-state index in [2.05, 4.69) is 41.3 Å². The minimum Gasteiger partial charge on any atom is -0.379 e. The molecular formula is C21H31NO2. The van der Waals surface area contributed by atoms with Crippen molar-refractivity contribution >= 4 is 0 Å². The monoisotopic (exact) mass is 329 g/mol. The van der Waals surface area contributed by atoms with Gasteiger partial charge in [-0.25, -0.2) is 0 Å². The molecular weight excluding hydrogens is 298 g/mol. The van der Waals surface area contributed by atoms with E-state index in [4.69, 9.17) is 9.47 Å². The van der Waals surface area contributed by atoms with Gasteiger partial charge in [0.1, 0.15) is 0 Å². The van der Waals surface area contributed by atoms with Gasteiger partial charge in [0, 0.05) is 25.2 Å². The van der Waals surface area contributed by atoms with E-state index in [0.29, 0.717) is 25.3 Å². The lowest BCUT2D eigenvalue weighted by molar-refractivity contribution is 0.0513. The zero-order valence-electron chi connectivity index (χ0n) is 15.0. The summed E-state index contributed by atoms with van der Waals surface area (Å²) in [4.78, 5) is 2.72. The van der Waals surface area contributed by atoms with Gasteiger partial charge >= 0.3 is 0 Å². The number of piperidine rings is 1. The van der Waals surface area contributed by atoms with E-state index in [1.165, 1.54) is 31.2 Å². The van der Waals surface area contributed by atoms with Crippen molar-refractivity contribution in [3.63, 3.8) is 0 Å². The summed E-state index contributed by atoms with van der Waals surface area (Å²) < 4.78 is 11.0. The summed E-state index contributed by atoms with van der Waals surface area (Å²) in [5.41, 5.74) is 3.04. The average molecular weight is 329 g/mol. The Morgan fingerprint density at radius 2 is 1.88 bits per heavy atom. The minimum atomic E-state index is 0.621. The molecule has 1 fully saturated rings. The predicted molar refractivity (Wildman–Crippen MR) is 98.0 cm³/mol. The highest BCUT2D eigenvalue weighted by atomic mass is 16.5. The molecule has 3 rings (SSSR count). The van der Waals surface area contributed by atoms with Gasteiger partial charge in [0.15, 0.2) is 0 Å². The van der Waals surface area contributed by atoms with Crippen LogP contribution in [0.4, 0.5) is 0 Å². The molecule has 132 valence electrons. The van der Waals surface area contributed by atoms with Crippen LogP contribution in [0.5, 0.6) is 0 Å². The number of hydrogen-bond acceptors (Lipinski definition) is 3. The second-order valence-electron chi connectivity index (χ2n) is 6.90. The smallest absolute Gasteiger partial charge is 0.0700 e. The average Bonchev–Trinajstić information content (AvgIpc) is 2.59. The molecule has 1 aromatic carbocycles. The van der Waals surface area contributed by atoms with E-state index >= 15 is 0 Å². The Morgan fingerprint density at radius 1 is 1.04 bits per heavy atom. The first-order chi connectivity index (χ1) is 11.9. The first kappa shape index (κ1) is 17.7. The quantitative estimate of drug-likeness (QED) is 0.501. The van der Waals surface area contributed by atoms with E-state index in [-0.39, 0.29) is 0 Å². The first-order valence-electron chi connectivity index (χ1n) is 9.51. The largest absolute Gasteiger partial charge is 0.379 e. The lowest BCUT2D eigenvalue weighted by atomic mass is 9.84. The Balaban J connectivity index is 1.51. The Kier molecular flexibility index (Phi) is 6.88. The molecule has 0 aliphatic carbocycles. The van der Waals surface area contributed by atoms with E-state index in [1.807, 2.05) is 6.92 Å². The summed E-state index contributed by atoms with van der Waals surface area (Å²) in [5, 5.41) is 0. The van der Waals surface area contributed by atoms with Crippen molar-refractivity contribution in [3.8, 4) is 0 Å². The fourth-order valence-electron chi connectivity index (χ4n) is 4.00. The van der Waals surface area contributed by atoms with Gasteiger partial charge in [0.25, 0.3) is 0 Å². The molecule has 2 atom stereocenters. The normalized spacial score (nSPS) is 24.0. The number of fused-ring (bicyclic) bond motifs is 2. The lowest BCUT2D eigenvalue weighted by Gasteiger charge is -2.45. The third-order valence-electron chi connectivity index (χ3n) is 5.21. The van der Waals surface area contributed by atoms with Crippen molar-refractivity contribution in [2.75, 3.05) is 26.4 Å². The number of benzene rings is 1. The molecule has 2 aliphatic heterocycles. The molecule has 0 N–H and O–H groups in total. The molecule has 2 heterocycles. The molecule has 0 saturated carbocycles. The first-order valence-corrected chi connectivity index (χ1v) is 9.51. The van der Waals surface area contributed by atoms with E-state index in [9.17, 15) is 0 Å². The Morgan fingerprint density at radius 3 is 2.67 bits per heavy atom. The zero-order valence-corrected chi connectivity index (χ0v) is 15.0. The van der Waals surface area contributed by atoms with Gasteiger partial charge in [0.2, 0.25) is 0 Å². The van der Waals surface area contributed by atoms with Crippen LogP contribution >= 0.6 is 0 Å². The Bertz CT molecular complexity index is 514. The predicted octanol–water partition coefficient (Wildman–Crippen LogP) is 4.18. The Hall–Kier alpha value is -1.16. The fraction of sp³-hybridized carbons (Fsp3) is 0.619. The second-order valence-corrected chi connectivity index (χ2v) is 6.90. The molecule has 0 radical (unpaired) electrons. The molecule has 2 bridgehead atoms. The molecule has 1 saturated heterocycles. The highest BCUT2D eigenvalue weighted by molar-refractivity contribution is 5.20. The second kappa shape index (κ2) is 9.36. The van der Waals surface area contributed by atoms with Crippen molar-refractivity contribution in [1.82, 2.24) is 4.90 Å². The summed E-state index contributed by atoms with van der Waals surface area (Å²) in [6.07, 6.45) is 8.85. The summed E-state index contributed by atoms with van der Waals surface area (Å²) in [6.45, 7) is 6.14. The van der Waals surface area contributed by atoms with Crippen LogP contribution in [-0.4, -0.2) is 43.4 Å². The van der Waals surface area contributed by atoms with E-state index < -0.39 is 0 Å². The maximum Gasteiger partial charge on any atom is 0.0700 e. The number of nitrogens with zero attached hydrogens (tertiary/aromatic N) is 1. The maximum atomic E-state index is 5.70. The molecule has 2 unspecified atom stereocenters. The SMILES string of the molecule is CCOCCOCCC1=CC2CCCC(C1)N2Cc1ccccc1. The van der Waals surface area contributed by atoms with Crippen LogP contribution in [0.1, 0.15) is 44.6 Å². The Labute approximate surface area is 146 Å². The lowest BCUT2D eigenvalue weighted by Crippen LogP contribution is -2.48. The van der Waals surface area contributed by atoms with Crippen LogP contribution < -0.4 is 0 Å². The van der Waals surface area contributed by atoms with Gasteiger partial charge < -0.3 is 9.47 Å². The van der Waals surface area contributed by atoms with E-state index in [0.717, 1.165) is 26.2 Å². The fourth-order valence-corrected chi connectivity index (χ4v) is 4.00. The van der Waals surface area contributed by atoms with Gasteiger partial charge in [0.05, 0.1) is 19.8 Å². The van der Waals surface area contributed by atoms with Crippen molar-refractivity contribution in [1.29, 1.82) is 0 Å². The summed E-state index contributed by atoms with van der Waals surface area (Å²) >= 11 is 0. The van der Waals surface area contributed by atoms with Gasteiger partial charge in [-0.1, -0.05) is 48.4 Å². The van der Waals surface area contributed by atoms with Gasteiger partial charge in [-0.3, -0.25) is 4.90 Å². The molecule has 0 aromatic heterocycles. The number of ether oxygens (including phenoxy) is 2. The molecule has 24 heavy (non-hydrogen) atoms. The molecule has 3 heteroatoms. The van der Waals surface area contributed by atoms with Gasteiger partial charge in [-0.05, 0) is 38.2 Å². The van der Waals surface area contributed by atoms with Crippen LogP contribution in [0.3, 0.4) is 0 Å². The topological polar surface area (TPSA) is 21.7 Å².